The van der Waals surface area contributed by atoms with Gasteiger partial charge in [-0.15, -0.1) is 0 Å². The van der Waals surface area contributed by atoms with Gasteiger partial charge in [0.15, 0.2) is 5.82 Å². The highest BCUT2D eigenvalue weighted by molar-refractivity contribution is 5.40. The Morgan fingerprint density at radius 3 is 2.80 bits per heavy atom. The molecule has 1 aromatic rings. The summed E-state index contributed by atoms with van der Waals surface area (Å²) in [4.78, 5) is 0. The van der Waals surface area contributed by atoms with Crippen molar-refractivity contribution >= 4 is 5.82 Å². The van der Waals surface area contributed by atoms with Crippen molar-refractivity contribution in [2.45, 2.75) is 51.9 Å². The van der Waals surface area contributed by atoms with E-state index >= 15 is 0 Å². The average molecular weight is 208 g/mol. The topological polar surface area (TPSA) is 52.0 Å². The van der Waals surface area contributed by atoms with Gasteiger partial charge in [-0.2, -0.15) is 0 Å². The van der Waals surface area contributed by atoms with Gasteiger partial charge >= 0.3 is 0 Å². The first kappa shape index (κ1) is 10.5. The number of nitrogen functional groups attached to an aromatic ring is 1. The molecule has 3 nitrogen and oxygen atoms in total. The molecule has 1 aliphatic carbocycles. The van der Waals surface area contributed by atoms with Crippen LogP contribution in [0.4, 0.5) is 5.82 Å². The van der Waals surface area contributed by atoms with Crippen LogP contribution in [0.15, 0.2) is 4.52 Å². The van der Waals surface area contributed by atoms with Crippen LogP contribution in [-0.2, 0) is 12.8 Å². The third-order valence-electron chi connectivity index (χ3n) is 3.51. The lowest BCUT2D eigenvalue weighted by Gasteiger charge is -2.06. The zero-order chi connectivity index (χ0) is 10.7. The molecule has 0 atom stereocenters. The van der Waals surface area contributed by atoms with E-state index in [1.165, 1.54) is 32.1 Å². The number of anilines is 1. The predicted molar refractivity (Wildman–Crippen MR) is 60.6 cm³/mol. The van der Waals surface area contributed by atoms with Gasteiger partial charge in [0.05, 0.1) is 0 Å². The van der Waals surface area contributed by atoms with Gasteiger partial charge in [0, 0.05) is 12.0 Å². The molecule has 2 rings (SSSR count). The average Bonchev–Trinajstić information content (AvgIpc) is 2.84. The molecule has 1 saturated carbocycles. The number of aryl methyl sites for hydroxylation is 1. The van der Waals surface area contributed by atoms with E-state index in [0.717, 1.165) is 30.1 Å². The molecule has 0 bridgehead atoms. The second-order valence-electron chi connectivity index (χ2n) is 4.51. The zero-order valence-corrected chi connectivity index (χ0v) is 9.46. The molecule has 1 heterocycles. The van der Waals surface area contributed by atoms with Crippen molar-refractivity contribution in [3.63, 3.8) is 0 Å². The molecule has 2 N–H and O–H groups in total. The van der Waals surface area contributed by atoms with E-state index in [1.54, 1.807) is 0 Å². The number of hydrogen-bond acceptors (Lipinski definition) is 3. The summed E-state index contributed by atoms with van der Waals surface area (Å²) in [6, 6.07) is 0. The third kappa shape index (κ3) is 2.33. The quantitative estimate of drug-likeness (QED) is 0.827. The lowest BCUT2D eigenvalue weighted by molar-refractivity contribution is 0.367. The van der Waals surface area contributed by atoms with Gasteiger partial charge in [-0.1, -0.05) is 37.8 Å². The molecule has 0 aromatic carbocycles. The summed E-state index contributed by atoms with van der Waals surface area (Å²) in [6.07, 6.45) is 8.78. The minimum Gasteiger partial charge on any atom is -0.381 e. The molecule has 84 valence electrons. The summed E-state index contributed by atoms with van der Waals surface area (Å²) in [7, 11) is 0. The van der Waals surface area contributed by atoms with Gasteiger partial charge in [-0.25, -0.2) is 0 Å². The van der Waals surface area contributed by atoms with E-state index in [0.29, 0.717) is 5.82 Å². The Bertz CT molecular complexity index is 313. The van der Waals surface area contributed by atoms with Gasteiger partial charge < -0.3 is 10.3 Å². The highest BCUT2D eigenvalue weighted by Gasteiger charge is 2.17. The Balaban J connectivity index is 1.92. The normalized spacial score (nSPS) is 17.4. The Labute approximate surface area is 91.0 Å². The first-order chi connectivity index (χ1) is 7.31. The van der Waals surface area contributed by atoms with Crippen LogP contribution in [0.2, 0.25) is 0 Å². The molecule has 3 heteroatoms. The Hall–Kier alpha value is -0.990. The van der Waals surface area contributed by atoms with E-state index in [1.807, 2.05) is 0 Å². The second kappa shape index (κ2) is 4.69. The van der Waals surface area contributed by atoms with E-state index in [-0.39, 0.29) is 0 Å². The molecule has 0 spiro atoms. The fraction of sp³-hybridized carbons (Fsp3) is 0.750. The van der Waals surface area contributed by atoms with Crippen LogP contribution >= 0.6 is 0 Å². The molecule has 1 aliphatic rings. The summed E-state index contributed by atoms with van der Waals surface area (Å²) in [5.74, 6) is 2.50. The summed E-state index contributed by atoms with van der Waals surface area (Å²) in [6.45, 7) is 2.10. The number of nitrogens with zero attached hydrogens (tertiary/aromatic N) is 1. The van der Waals surface area contributed by atoms with Crippen molar-refractivity contribution in [1.29, 1.82) is 0 Å². The SMILES string of the molecule is CCc1c(N)noc1CCC1CCCC1. The Morgan fingerprint density at radius 2 is 2.13 bits per heavy atom. The number of aromatic nitrogens is 1. The van der Waals surface area contributed by atoms with Crippen molar-refractivity contribution in [3.05, 3.63) is 11.3 Å². The van der Waals surface area contributed by atoms with Crippen LogP contribution in [0.3, 0.4) is 0 Å². The van der Waals surface area contributed by atoms with Gasteiger partial charge in [0.25, 0.3) is 0 Å². The number of rotatable bonds is 4. The molecule has 0 amide bonds. The van der Waals surface area contributed by atoms with Crippen molar-refractivity contribution in [1.82, 2.24) is 5.16 Å². The largest absolute Gasteiger partial charge is 0.381 e. The Morgan fingerprint density at radius 1 is 1.40 bits per heavy atom. The van der Waals surface area contributed by atoms with Crippen LogP contribution in [0.1, 0.15) is 50.4 Å². The fourth-order valence-corrected chi connectivity index (χ4v) is 2.57. The van der Waals surface area contributed by atoms with Crippen molar-refractivity contribution < 1.29 is 4.52 Å². The van der Waals surface area contributed by atoms with Crippen molar-refractivity contribution in [3.8, 4) is 0 Å². The molecule has 0 aliphatic heterocycles. The molecular formula is C12H20N2O. The third-order valence-corrected chi connectivity index (χ3v) is 3.51. The molecule has 1 fully saturated rings. The molecule has 0 radical (unpaired) electrons. The smallest absolute Gasteiger partial charge is 0.170 e. The van der Waals surface area contributed by atoms with Gasteiger partial charge in [0.2, 0.25) is 0 Å². The van der Waals surface area contributed by atoms with Crippen LogP contribution in [-0.4, -0.2) is 5.16 Å². The van der Waals surface area contributed by atoms with Crippen molar-refractivity contribution in [2.24, 2.45) is 5.92 Å². The molecule has 1 aromatic heterocycles. The molecular weight excluding hydrogens is 188 g/mol. The highest BCUT2D eigenvalue weighted by Crippen LogP contribution is 2.29. The first-order valence-corrected chi connectivity index (χ1v) is 6.04. The summed E-state index contributed by atoms with van der Waals surface area (Å²) in [5.41, 5.74) is 6.85. The molecule has 15 heavy (non-hydrogen) atoms. The lowest BCUT2D eigenvalue weighted by Crippen LogP contribution is -1.98. The van der Waals surface area contributed by atoms with E-state index in [2.05, 4.69) is 12.1 Å². The summed E-state index contributed by atoms with van der Waals surface area (Å²) >= 11 is 0. The van der Waals surface area contributed by atoms with Crippen LogP contribution in [0.5, 0.6) is 0 Å². The molecule has 0 unspecified atom stereocenters. The van der Waals surface area contributed by atoms with Gasteiger partial charge in [0.1, 0.15) is 5.76 Å². The van der Waals surface area contributed by atoms with E-state index < -0.39 is 0 Å². The highest BCUT2D eigenvalue weighted by atomic mass is 16.5. The summed E-state index contributed by atoms with van der Waals surface area (Å²) < 4.78 is 5.27. The van der Waals surface area contributed by atoms with E-state index in [4.69, 9.17) is 10.3 Å². The maximum Gasteiger partial charge on any atom is 0.170 e. The standard InChI is InChI=1S/C12H20N2O/c1-2-10-11(15-14-12(10)13)8-7-9-5-3-4-6-9/h9H,2-8H2,1H3,(H2,13,14). The molecule has 0 saturated heterocycles. The van der Waals surface area contributed by atoms with Gasteiger partial charge in [-0.3, -0.25) is 0 Å². The summed E-state index contributed by atoms with van der Waals surface area (Å²) in [5, 5.41) is 3.84. The minimum absolute atomic E-state index is 0.582. The van der Waals surface area contributed by atoms with Crippen molar-refractivity contribution in [2.75, 3.05) is 5.73 Å². The Kier molecular flexibility index (Phi) is 3.29. The number of hydrogen-bond donors (Lipinski definition) is 1. The first-order valence-electron chi connectivity index (χ1n) is 6.04. The monoisotopic (exact) mass is 208 g/mol. The fourth-order valence-electron chi connectivity index (χ4n) is 2.57. The second-order valence-corrected chi connectivity index (χ2v) is 4.51. The predicted octanol–water partition coefficient (Wildman–Crippen LogP) is 2.94. The van der Waals surface area contributed by atoms with Crippen LogP contribution in [0.25, 0.3) is 0 Å². The van der Waals surface area contributed by atoms with Crippen LogP contribution in [0, 0.1) is 5.92 Å². The van der Waals surface area contributed by atoms with E-state index in [9.17, 15) is 0 Å². The maximum absolute atomic E-state index is 5.73. The lowest BCUT2D eigenvalue weighted by atomic mass is 9.99. The number of nitrogens with two attached hydrogens (primary N) is 1. The zero-order valence-electron chi connectivity index (χ0n) is 9.46. The maximum atomic E-state index is 5.73. The van der Waals surface area contributed by atoms with Crippen LogP contribution < -0.4 is 5.73 Å². The minimum atomic E-state index is 0.582. The van der Waals surface area contributed by atoms with Gasteiger partial charge in [-0.05, 0) is 18.8 Å².